The lowest BCUT2D eigenvalue weighted by Gasteiger charge is -2.39. The van der Waals surface area contributed by atoms with E-state index in [-0.39, 0.29) is 5.82 Å². The van der Waals surface area contributed by atoms with Crippen LogP contribution in [0, 0.1) is 5.82 Å². The van der Waals surface area contributed by atoms with Gasteiger partial charge in [0.15, 0.2) is 15.6 Å². The fraction of sp³-hybridized carbons (Fsp3) is 0.545. The Hall–Kier alpha value is -1.52. The van der Waals surface area contributed by atoms with Gasteiger partial charge in [0.25, 0.3) is 0 Å². The zero-order chi connectivity index (χ0) is 22.1. The van der Waals surface area contributed by atoms with E-state index in [1.807, 2.05) is 12.1 Å². The van der Waals surface area contributed by atoms with Crippen molar-refractivity contribution in [3.8, 4) is 0 Å². The number of anilines is 1. The SMILES string of the molecule is COC1(OC)CC(CCCN2CCN(c3ccc(F)cc3)CC2)S(=O)(=O)c2sccc21. The molecule has 9 heteroatoms. The number of sulfone groups is 1. The molecule has 0 radical (unpaired) electrons. The molecule has 0 amide bonds. The molecule has 0 aliphatic carbocycles. The van der Waals surface area contributed by atoms with Gasteiger partial charge in [-0.3, -0.25) is 4.90 Å². The second-order valence-corrected chi connectivity index (χ2v) is 11.4. The molecule has 1 saturated heterocycles. The van der Waals surface area contributed by atoms with Gasteiger partial charge in [-0.1, -0.05) is 0 Å². The summed E-state index contributed by atoms with van der Waals surface area (Å²) in [5.41, 5.74) is 1.66. The van der Waals surface area contributed by atoms with Crippen molar-refractivity contribution < 1.29 is 22.3 Å². The summed E-state index contributed by atoms with van der Waals surface area (Å²) >= 11 is 1.24. The van der Waals surface area contributed by atoms with Crippen molar-refractivity contribution in [2.24, 2.45) is 0 Å². The van der Waals surface area contributed by atoms with Crippen LogP contribution in [0.4, 0.5) is 10.1 Å². The molecule has 6 nitrogen and oxygen atoms in total. The van der Waals surface area contributed by atoms with Crippen molar-refractivity contribution in [2.75, 3.05) is 51.8 Å². The first-order chi connectivity index (χ1) is 14.9. The normalized spacial score (nSPS) is 22.9. The molecule has 170 valence electrons. The van der Waals surface area contributed by atoms with Gasteiger partial charge in [0.2, 0.25) is 0 Å². The zero-order valence-corrected chi connectivity index (χ0v) is 19.6. The highest BCUT2D eigenvalue weighted by molar-refractivity contribution is 7.94. The summed E-state index contributed by atoms with van der Waals surface area (Å²) in [5.74, 6) is -1.22. The predicted molar refractivity (Wildman–Crippen MR) is 120 cm³/mol. The number of piperazine rings is 1. The molecule has 31 heavy (non-hydrogen) atoms. The van der Waals surface area contributed by atoms with Crippen LogP contribution in [0.15, 0.2) is 39.9 Å². The lowest BCUT2D eigenvalue weighted by Crippen LogP contribution is -2.47. The number of hydrogen-bond donors (Lipinski definition) is 0. The van der Waals surface area contributed by atoms with Crippen molar-refractivity contribution in [2.45, 2.75) is 34.5 Å². The van der Waals surface area contributed by atoms with Crippen LogP contribution in [0.1, 0.15) is 24.8 Å². The Balaban J connectivity index is 1.33. The average molecular weight is 469 g/mol. The number of thiophene rings is 1. The highest BCUT2D eigenvalue weighted by Crippen LogP contribution is 2.46. The number of fused-ring (bicyclic) bond motifs is 1. The first-order valence-electron chi connectivity index (χ1n) is 10.5. The summed E-state index contributed by atoms with van der Waals surface area (Å²) < 4.78 is 51.1. The number of hydrogen-bond acceptors (Lipinski definition) is 7. The number of rotatable bonds is 7. The van der Waals surface area contributed by atoms with Gasteiger partial charge in [-0.25, -0.2) is 12.8 Å². The van der Waals surface area contributed by atoms with Gasteiger partial charge in [0.05, 0.1) is 5.25 Å². The molecular formula is C22H29FN2O4S2. The fourth-order valence-corrected chi connectivity index (χ4v) is 8.16. The Kier molecular flexibility index (Phi) is 6.69. The molecule has 1 fully saturated rings. The van der Waals surface area contributed by atoms with E-state index in [1.165, 1.54) is 23.5 Å². The summed E-state index contributed by atoms with van der Waals surface area (Å²) in [6.45, 7) is 4.42. The van der Waals surface area contributed by atoms with E-state index in [9.17, 15) is 12.8 Å². The number of benzene rings is 1. The standard InChI is InChI=1S/C22H29FN2O4S2/c1-28-22(29-2)16-19(31(26,27)21-20(22)9-15-30-21)4-3-10-24-11-13-25(14-12-24)18-7-5-17(23)6-8-18/h5-9,15,19H,3-4,10-14,16H2,1-2H3. The van der Waals surface area contributed by atoms with Gasteiger partial charge in [0, 0.05) is 58.1 Å². The Morgan fingerprint density at radius 2 is 1.77 bits per heavy atom. The van der Waals surface area contributed by atoms with E-state index in [0.717, 1.165) is 44.8 Å². The van der Waals surface area contributed by atoms with Crippen molar-refractivity contribution in [3.05, 3.63) is 47.1 Å². The van der Waals surface area contributed by atoms with E-state index >= 15 is 0 Å². The van der Waals surface area contributed by atoms with E-state index in [4.69, 9.17) is 9.47 Å². The number of halogens is 1. The quantitative estimate of drug-likeness (QED) is 0.580. The highest BCUT2D eigenvalue weighted by Gasteiger charge is 2.49. The van der Waals surface area contributed by atoms with Crippen LogP contribution >= 0.6 is 11.3 Å². The van der Waals surface area contributed by atoms with Crippen LogP contribution in [-0.4, -0.2) is 65.5 Å². The second-order valence-electron chi connectivity index (χ2n) is 8.10. The maximum Gasteiger partial charge on any atom is 0.197 e. The maximum atomic E-state index is 13.1. The molecule has 1 unspecified atom stereocenters. The number of methoxy groups -OCH3 is 2. The van der Waals surface area contributed by atoms with E-state index < -0.39 is 20.9 Å². The summed E-state index contributed by atoms with van der Waals surface area (Å²) in [5, 5.41) is 1.27. The Labute approximate surface area is 187 Å². The van der Waals surface area contributed by atoms with E-state index in [2.05, 4.69) is 9.80 Å². The van der Waals surface area contributed by atoms with Crippen molar-refractivity contribution in [1.29, 1.82) is 0 Å². The zero-order valence-electron chi connectivity index (χ0n) is 17.9. The second kappa shape index (κ2) is 9.15. The average Bonchev–Trinajstić information content (AvgIpc) is 3.29. The Morgan fingerprint density at radius 3 is 2.42 bits per heavy atom. The molecule has 0 bridgehead atoms. The van der Waals surface area contributed by atoms with Crippen molar-refractivity contribution in [1.82, 2.24) is 4.90 Å². The molecule has 4 rings (SSSR count). The maximum absolute atomic E-state index is 13.1. The first kappa shape index (κ1) is 22.7. The van der Waals surface area contributed by atoms with Gasteiger partial charge < -0.3 is 14.4 Å². The minimum atomic E-state index is -3.38. The third kappa shape index (κ3) is 4.39. The predicted octanol–water partition coefficient (Wildman–Crippen LogP) is 3.48. The molecule has 2 aliphatic rings. The molecule has 0 spiro atoms. The van der Waals surface area contributed by atoms with E-state index in [1.54, 1.807) is 25.7 Å². The van der Waals surface area contributed by atoms with Gasteiger partial charge >= 0.3 is 0 Å². The third-order valence-electron chi connectivity index (χ3n) is 6.46. The molecule has 3 heterocycles. The van der Waals surface area contributed by atoms with Crippen LogP contribution < -0.4 is 4.90 Å². The summed E-state index contributed by atoms with van der Waals surface area (Å²) in [4.78, 5) is 4.62. The minimum Gasteiger partial charge on any atom is -0.369 e. The number of ether oxygens (including phenoxy) is 2. The fourth-order valence-electron chi connectivity index (χ4n) is 4.62. The first-order valence-corrected chi connectivity index (χ1v) is 13.0. The Bertz CT molecular complexity index is 981. The van der Waals surface area contributed by atoms with Crippen LogP contribution in [0.3, 0.4) is 0 Å². The molecule has 0 N–H and O–H groups in total. The van der Waals surface area contributed by atoms with Crippen LogP contribution in [0.25, 0.3) is 0 Å². The van der Waals surface area contributed by atoms with Gasteiger partial charge in [-0.2, -0.15) is 0 Å². The molecule has 2 aromatic rings. The molecule has 1 aromatic heterocycles. The molecule has 0 saturated carbocycles. The third-order valence-corrected chi connectivity index (χ3v) is 10.2. The van der Waals surface area contributed by atoms with Crippen molar-refractivity contribution >= 4 is 26.9 Å². The summed E-state index contributed by atoms with van der Waals surface area (Å²) in [6, 6.07) is 8.41. The minimum absolute atomic E-state index is 0.222. The van der Waals surface area contributed by atoms with Crippen LogP contribution in [0.2, 0.25) is 0 Å². The molecule has 2 aliphatic heterocycles. The molecular weight excluding hydrogens is 439 g/mol. The Morgan fingerprint density at radius 1 is 1.10 bits per heavy atom. The molecule has 1 aromatic carbocycles. The van der Waals surface area contributed by atoms with Crippen LogP contribution in [-0.2, 0) is 25.1 Å². The van der Waals surface area contributed by atoms with Crippen LogP contribution in [0.5, 0.6) is 0 Å². The summed E-state index contributed by atoms with van der Waals surface area (Å²) in [6.07, 6.45) is 1.68. The van der Waals surface area contributed by atoms with Gasteiger partial charge in [0.1, 0.15) is 10.0 Å². The largest absolute Gasteiger partial charge is 0.369 e. The molecule has 1 atom stereocenters. The summed E-state index contributed by atoms with van der Waals surface area (Å²) in [7, 11) is -0.241. The smallest absolute Gasteiger partial charge is 0.197 e. The topological polar surface area (TPSA) is 59.1 Å². The lowest BCUT2D eigenvalue weighted by atomic mass is 10.00. The van der Waals surface area contributed by atoms with Gasteiger partial charge in [-0.15, -0.1) is 11.3 Å². The highest BCUT2D eigenvalue weighted by atomic mass is 32.2. The monoisotopic (exact) mass is 468 g/mol. The lowest BCUT2D eigenvalue weighted by molar-refractivity contribution is -0.223. The van der Waals surface area contributed by atoms with Gasteiger partial charge in [-0.05, 0) is 55.1 Å². The van der Waals surface area contributed by atoms with E-state index in [0.29, 0.717) is 22.6 Å². The number of nitrogens with zero attached hydrogens (tertiary/aromatic N) is 2. The van der Waals surface area contributed by atoms with Crippen molar-refractivity contribution in [3.63, 3.8) is 0 Å².